The van der Waals surface area contributed by atoms with Gasteiger partial charge in [0.1, 0.15) is 6.54 Å². The van der Waals surface area contributed by atoms with E-state index in [1.165, 1.54) is 0 Å². The molecule has 6 heteroatoms. The van der Waals surface area contributed by atoms with Gasteiger partial charge in [-0.15, -0.1) is 0 Å². The molecule has 0 atom stereocenters. The molecule has 134 valence electrons. The van der Waals surface area contributed by atoms with E-state index >= 15 is 0 Å². The maximum absolute atomic E-state index is 5.86. The zero-order valence-corrected chi connectivity index (χ0v) is 16.0. The summed E-state index contributed by atoms with van der Waals surface area (Å²) in [6, 6.07) is 10.0. The molecular weight excluding hydrogens is 332 g/mol. The van der Waals surface area contributed by atoms with E-state index in [-0.39, 0.29) is 4.75 Å². The highest BCUT2D eigenvalue weighted by atomic mass is 32.2. The second-order valence-corrected chi connectivity index (χ2v) is 8.49. The van der Waals surface area contributed by atoms with Gasteiger partial charge in [0, 0.05) is 35.7 Å². The van der Waals surface area contributed by atoms with E-state index in [0.29, 0.717) is 12.4 Å². The van der Waals surface area contributed by atoms with Crippen molar-refractivity contribution in [2.75, 3.05) is 25.4 Å². The van der Waals surface area contributed by atoms with Crippen molar-refractivity contribution in [2.45, 2.75) is 32.1 Å². The summed E-state index contributed by atoms with van der Waals surface area (Å²) in [5.41, 5.74) is 1.03. The maximum Gasteiger partial charge on any atom is 0.216 e. The highest BCUT2D eigenvalue weighted by Gasteiger charge is 2.28. The van der Waals surface area contributed by atoms with Gasteiger partial charge in [-0.2, -0.15) is 11.8 Å². The molecule has 2 aromatic rings. The van der Waals surface area contributed by atoms with Gasteiger partial charge in [0.25, 0.3) is 0 Å². The van der Waals surface area contributed by atoms with E-state index in [1.54, 1.807) is 6.20 Å². The molecular formula is C19H26N4OS. The first-order valence-corrected chi connectivity index (χ1v) is 9.73. The van der Waals surface area contributed by atoms with Crippen LogP contribution in [0.15, 0.2) is 45.9 Å². The second-order valence-electron chi connectivity index (χ2n) is 6.68. The van der Waals surface area contributed by atoms with Crippen molar-refractivity contribution in [1.29, 1.82) is 0 Å². The van der Waals surface area contributed by atoms with Crippen LogP contribution in [0.3, 0.4) is 0 Å². The van der Waals surface area contributed by atoms with E-state index in [9.17, 15) is 0 Å². The number of thioether (sulfide) groups is 1. The molecule has 2 heterocycles. The number of oxazole rings is 1. The molecule has 0 amide bonds. The van der Waals surface area contributed by atoms with E-state index in [1.807, 2.05) is 42.1 Å². The third-order valence-corrected chi connectivity index (χ3v) is 5.33. The Kier molecular flexibility index (Phi) is 5.68. The first-order chi connectivity index (χ1) is 12.1. The van der Waals surface area contributed by atoms with Gasteiger partial charge in [-0.25, -0.2) is 9.98 Å². The molecule has 1 aliphatic rings. The SMILES string of the molecule is CCNC(=NCc1ncc(-c2ccccc2)o1)N1CCSC(C)(C)C1. The zero-order valence-electron chi connectivity index (χ0n) is 15.2. The average molecular weight is 359 g/mol. The summed E-state index contributed by atoms with van der Waals surface area (Å²) in [5, 5.41) is 3.40. The lowest BCUT2D eigenvalue weighted by Gasteiger charge is -2.39. The number of aliphatic imine (C=N–C) groups is 1. The van der Waals surface area contributed by atoms with Gasteiger partial charge in [-0.3, -0.25) is 0 Å². The summed E-state index contributed by atoms with van der Waals surface area (Å²) >= 11 is 2.02. The Morgan fingerprint density at radius 3 is 2.88 bits per heavy atom. The Hall–Kier alpha value is -1.95. The van der Waals surface area contributed by atoms with Crippen molar-refractivity contribution in [3.63, 3.8) is 0 Å². The molecule has 0 aliphatic carbocycles. The molecule has 0 radical (unpaired) electrons. The maximum atomic E-state index is 5.86. The zero-order chi connectivity index (χ0) is 17.7. The van der Waals surface area contributed by atoms with Gasteiger partial charge in [0.15, 0.2) is 11.7 Å². The molecule has 0 unspecified atom stereocenters. The Morgan fingerprint density at radius 2 is 2.16 bits per heavy atom. The molecule has 3 rings (SSSR count). The van der Waals surface area contributed by atoms with Crippen LogP contribution in [-0.2, 0) is 6.54 Å². The van der Waals surface area contributed by atoms with Crippen LogP contribution >= 0.6 is 11.8 Å². The molecule has 0 saturated carbocycles. The minimum Gasteiger partial charge on any atom is -0.439 e. The Bertz CT molecular complexity index is 711. The Balaban J connectivity index is 1.71. The number of rotatable bonds is 4. The summed E-state index contributed by atoms with van der Waals surface area (Å²) in [7, 11) is 0. The van der Waals surface area contributed by atoms with Crippen LogP contribution < -0.4 is 5.32 Å². The summed E-state index contributed by atoms with van der Waals surface area (Å²) in [4.78, 5) is 11.5. The molecule has 1 aromatic heterocycles. The highest BCUT2D eigenvalue weighted by Crippen LogP contribution is 2.29. The van der Waals surface area contributed by atoms with Crippen LogP contribution in [0.25, 0.3) is 11.3 Å². The smallest absolute Gasteiger partial charge is 0.216 e. The predicted molar refractivity (Wildman–Crippen MR) is 105 cm³/mol. The van der Waals surface area contributed by atoms with Crippen molar-refractivity contribution in [3.8, 4) is 11.3 Å². The summed E-state index contributed by atoms with van der Waals surface area (Å²) in [6.45, 7) is 9.97. The molecule has 1 aliphatic heterocycles. The number of hydrogen-bond acceptors (Lipinski definition) is 4. The van der Waals surface area contributed by atoms with Crippen molar-refractivity contribution < 1.29 is 4.42 Å². The number of nitrogens with one attached hydrogen (secondary N) is 1. The standard InChI is InChI=1S/C19H26N4OS/c1-4-20-18(23-10-11-25-19(2,3)14-23)22-13-17-21-12-16(24-17)15-8-6-5-7-9-15/h5-9,12H,4,10-11,13-14H2,1-3H3,(H,20,22). The minimum atomic E-state index is 0.248. The van der Waals surface area contributed by atoms with Gasteiger partial charge in [0.05, 0.1) is 6.20 Å². The van der Waals surface area contributed by atoms with Gasteiger partial charge >= 0.3 is 0 Å². The molecule has 0 spiro atoms. The molecule has 1 fully saturated rings. The quantitative estimate of drug-likeness (QED) is 0.668. The largest absolute Gasteiger partial charge is 0.439 e. The molecule has 5 nitrogen and oxygen atoms in total. The van der Waals surface area contributed by atoms with Crippen molar-refractivity contribution in [3.05, 3.63) is 42.4 Å². The third-order valence-electron chi connectivity index (χ3n) is 4.04. The van der Waals surface area contributed by atoms with Crippen LogP contribution in [0.5, 0.6) is 0 Å². The molecule has 1 aromatic carbocycles. The molecule has 1 N–H and O–H groups in total. The van der Waals surface area contributed by atoms with Crippen LogP contribution in [0.1, 0.15) is 26.7 Å². The topological polar surface area (TPSA) is 53.7 Å². The number of guanidine groups is 1. The van der Waals surface area contributed by atoms with Crippen molar-refractivity contribution >= 4 is 17.7 Å². The number of aromatic nitrogens is 1. The molecule has 0 bridgehead atoms. The summed E-state index contributed by atoms with van der Waals surface area (Å²) in [6.07, 6.45) is 1.77. The van der Waals surface area contributed by atoms with Crippen LogP contribution in [0.4, 0.5) is 0 Å². The van der Waals surface area contributed by atoms with E-state index in [2.05, 4.69) is 36.0 Å². The lowest BCUT2D eigenvalue weighted by atomic mass is 10.2. The monoisotopic (exact) mass is 358 g/mol. The van der Waals surface area contributed by atoms with E-state index in [0.717, 1.165) is 42.7 Å². The van der Waals surface area contributed by atoms with Crippen LogP contribution in [0.2, 0.25) is 0 Å². The lowest BCUT2D eigenvalue weighted by Crippen LogP contribution is -2.50. The van der Waals surface area contributed by atoms with Gasteiger partial charge in [-0.1, -0.05) is 30.3 Å². The van der Waals surface area contributed by atoms with Crippen molar-refractivity contribution in [2.24, 2.45) is 4.99 Å². The normalized spacial score (nSPS) is 17.6. The fourth-order valence-corrected chi connectivity index (χ4v) is 4.00. The second kappa shape index (κ2) is 7.95. The van der Waals surface area contributed by atoms with Crippen LogP contribution in [0, 0.1) is 0 Å². The number of hydrogen-bond donors (Lipinski definition) is 1. The fraction of sp³-hybridized carbons (Fsp3) is 0.474. The lowest BCUT2D eigenvalue weighted by molar-refractivity contribution is 0.374. The van der Waals surface area contributed by atoms with E-state index in [4.69, 9.17) is 9.41 Å². The Morgan fingerprint density at radius 1 is 1.36 bits per heavy atom. The third kappa shape index (κ3) is 4.78. The van der Waals surface area contributed by atoms with E-state index < -0.39 is 0 Å². The van der Waals surface area contributed by atoms with Gasteiger partial charge in [0.2, 0.25) is 5.89 Å². The summed E-state index contributed by atoms with van der Waals surface area (Å²) in [5.74, 6) is 3.48. The fourth-order valence-electron chi connectivity index (χ4n) is 2.88. The summed E-state index contributed by atoms with van der Waals surface area (Å²) < 4.78 is 6.11. The number of benzene rings is 1. The first kappa shape index (κ1) is 17.9. The Labute approximate surface area is 153 Å². The number of nitrogens with zero attached hydrogens (tertiary/aromatic N) is 3. The van der Waals surface area contributed by atoms with Crippen LogP contribution in [-0.4, -0.2) is 46.0 Å². The highest BCUT2D eigenvalue weighted by molar-refractivity contribution is 8.00. The first-order valence-electron chi connectivity index (χ1n) is 8.75. The predicted octanol–water partition coefficient (Wildman–Crippen LogP) is 3.63. The molecule has 1 saturated heterocycles. The van der Waals surface area contributed by atoms with Crippen molar-refractivity contribution in [1.82, 2.24) is 15.2 Å². The van der Waals surface area contributed by atoms with Gasteiger partial charge < -0.3 is 14.6 Å². The average Bonchev–Trinajstić information content (AvgIpc) is 3.07. The van der Waals surface area contributed by atoms with Gasteiger partial charge in [-0.05, 0) is 20.8 Å². The molecule has 25 heavy (non-hydrogen) atoms. The minimum absolute atomic E-state index is 0.248.